The maximum Gasteiger partial charge on any atom is 0.289 e. The van der Waals surface area contributed by atoms with E-state index in [1.807, 2.05) is 27.1 Å². The first-order valence-corrected chi connectivity index (χ1v) is 10.9. The second kappa shape index (κ2) is 8.98. The molecular weight excluding hydrogens is 402 g/mol. The van der Waals surface area contributed by atoms with Gasteiger partial charge >= 0.3 is 0 Å². The summed E-state index contributed by atoms with van der Waals surface area (Å²) >= 11 is 6.08. The molecule has 2 amide bonds. The number of likely N-dealkylation sites (tertiary alicyclic amines) is 1. The standard InChI is InChI=1S/C23H32ClN3O3/c1-15-18-12-17(24)6-7-19(18)30-20(15)22(29)27-10-8-16(9-11-27)21(28)25-13-23(2,3)14-26(4)5/h6-7,12,16H,8-11,13-14H2,1-5H3,(H,25,28). The summed E-state index contributed by atoms with van der Waals surface area (Å²) in [5, 5.41) is 4.58. The number of amides is 2. The maximum atomic E-state index is 13.0. The van der Waals surface area contributed by atoms with Crippen molar-refractivity contribution in [2.45, 2.75) is 33.6 Å². The summed E-state index contributed by atoms with van der Waals surface area (Å²) in [6.07, 6.45) is 1.33. The Morgan fingerprint density at radius 3 is 2.57 bits per heavy atom. The molecule has 1 saturated heterocycles. The van der Waals surface area contributed by atoms with Gasteiger partial charge in [0.1, 0.15) is 5.58 Å². The average molecular weight is 434 g/mol. The van der Waals surface area contributed by atoms with Crippen LogP contribution in [0.25, 0.3) is 11.0 Å². The molecule has 0 unspecified atom stereocenters. The lowest BCUT2D eigenvalue weighted by atomic mass is 9.91. The first-order chi connectivity index (χ1) is 14.1. The molecule has 0 bridgehead atoms. The van der Waals surface area contributed by atoms with Crippen molar-refractivity contribution in [2.24, 2.45) is 11.3 Å². The average Bonchev–Trinajstić information content (AvgIpc) is 3.01. The van der Waals surface area contributed by atoms with E-state index in [-0.39, 0.29) is 23.1 Å². The number of hydrogen-bond donors (Lipinski definition) is 1. The first kappa shape index (κ1) is 22.6. The number of aryl methyl sites for hydroxylation is 1. The molecule has 0 spiro atoms. The van der Waals surface area contributed by atoms with Crippen molar-refractivity contribution in [1.82, 2.24) is 15.1 Å². The van der Waals surface area contributed by atoms with Crippen molar-refractivity contribution in [1.29, 1.82) is 0 Å². The van der Waals surface area contributed by atoms with Gasteiger partial charge in [-0.3, -0.25) is 9.59 Å². The number of rotatable bonds is 6. The van der Waals surface area contributed by atoms with Gasteiger partial charge in [-0.15, -0.1) is 0 Å². The quantitative estimate of drug-likeness (QED) is 0.749. The zero-order chi connectivity index (χ0) is 22.1. The van der Waals surface area contributed by atoms with Crippen LogP contribution in [0.4, 0.5) is 0 Å². The van der Waals surface area contributed by atoms with Crippen LogP contribution in [-0.4, -0.2) is 61.9 Å². The Bertz CT molecular complexity index is 927. The highest BCUT2D eigenvalue weighted by Crippen LogP contribution is 2.30. The van der Waals surface area contributed by atoms with Crippen LogP contribution in [0, 0.1) is 18.3 Å². The smallest absolute Gasteiger partial charge is 0.289 e. The highest BCUT2D eigenvalue weighted by molar-refractivity contribution is 6.31. The minimum absolute atomic E-state index is 0.0115. The predicted molar refractivity (Wildman–Crippen MR) is 120 cm³/mol. The van der Waals surface area contributed by atoms with Crippen LogP contribution >= 0.6 is 11.6 Å². The molecule has 2 aromatic rings. The molecule has 164 valence electrons. The first-order valence-electron chi connectivity index (χ1n) is 10.5. The van der Waals surface area contributed by atoms with E-state index in [0.717, 1.165) is 17.5 Å². The summed E-state index contributed by atoms with van der Waals surface area (Å²) in [4.78, 5) is 29.5. The van der Waals surface area contributed by atoms with Gasteiger partial charge < -0.3 is 19.5 Å². The van der Waals surface area contributed by atoms with Crippen molar-refractivity contribution >= 4 is 34.4 Å². The van der Waals surface area contributed by atoms with E-state index in [9.17, 15) is 9.59 Å². The van der Waals surface area contributed by atoms with Crippen molar-refractivity contribution in [3.8, 4) is 0 Å². The minimum atomic E-state index is -0.120. The fraction of sp³-hybridized carbons (Fsp3) is 0.565. The summed E-state index contributed by atoms with van der Waals surface area (Å²) < 4.78 is 5.82. The molecule has 6 nitrogen and oxygen atoms in total. The molecule has 0 atom stereocenters. The van der Waals surface area contributed by atoms with Crippen LogP contribution in [0.5, 0.6) is 0 Å². The lowest BCUT2D eigenvalue weighted by Gasteiger charge is -2.32. The van der Waals surface area contributed by atoms with E-state index in [4.69, 9.17) is 16.0 Å². The van der Waals surface area contributed by atoms with Crippen LogP contribution in [0.15, 0.2) is 22.6 Å². The second-order valence-corrected chi connectivity index (χ2v) is 9.82. The van der Waals surface area contributed by atoms with Gasteiger partial charge in [-0.1, -0.05) is 25.4 Å². The molecule has 1 aromatic heterocycles. The van der Waals surface area contributed by atoms with Crippen molar-refractivity contribution in [3.63, 3.8) is 0 Å². The van der Waals surface area contributed by atoms with E-state index in [1.54, 1.807) is 17.0 Å². The van der Waals surface area contributed by atoms with Gasteiger partial charge in [-0.25, -0.2) is 0 Å². The molecule has 0 saturated carbocycles. The fourth-order valence-corrected chi connectivity index (χ4v) is 4.44. The van der Waals surface area contributed by atoms with Crippen LogP contribution in [0.2, 0.25) is 5.02 Å². The van der Waals surface area contributed by atoms with Gasteiger partial charge in [0, 0.05) is 48.1 Å². The molecule has 0 radical (unpaired) electrons. The Morgan fingerprint density at radius 2 is 1.93 bits per heavy atom. The van der Waals surface area contributed by atoms with Crippen LogP contribution < -0.4 is 5.32 Å². The van der Waals surface area contributed by atoms with Gasteiger partial charge in [-0.05, 0) is 57.5 Å². The Hall–Kier alpha value is -2.05. The van der Waals surface area contributed by atoms with Crippen LogP contribution in [0.1, 0.15) is 42.8 Å². The van der Waals surface area contributed by atoms with Crippen molar-refractivity contribution < 1.29 is 14.0 Å². The number of nitrogens with zero attached hydrogens (tertiary/aromatic N) is 2. The van der Waals surface area contributed by atoms with Crippen LogP contribution in [0.3, 0.4) is 0 Å². The molecular formula is C23H32ClN3O3. The molecule has 1 N–H and O–H groups in total. The molecule has 1 fully saturated rings. The number of benzene rings is 1. The van der Waals surface area contributed by atoms with Gasteiger partial charge in [0.05, 0.1) is 0 Å². The monoisotopic (exact) mass is 433 g/mol. The van der Waals surface area contributed by atoms with E-state index in [1.165, 1.54) is 0 Å². The number of nitrogens with one attached hydrogen (secondary N) is 1. The number of piperidine rings is 1. The molecule has 1 aliphatic heterocycles. The largest absolute Gasteiger partial charge is 0.451 e. The van der Waals surface area contributed by atoms with Crippen molar-refractivity contribution in [2.75, 3.05) is 40.3 Å². The zero-order valence-electron chi connectivity index (χ0n) is 18.5. The number of carbonyl (C=O) groups excluding carboxylic acids is 2. The molecule has 7 heteroatoms. The third kappa shape index (κ3) is 5.16. The fourth-order valence-electron chi connectivity index (χ4n) is 4.27. The predicted octanol–water partition coefficient (Wildman–Crippen LogP) is 3.95. The Balaban J connectivity index is 1.57. The molecule has 2 heterocycles. The van der Waals surface area contributed by atoms with E-state index >= 15 is 0 Å². The maximum absolute atomic E-state index is 13.0. The Labute approximate surface area is 183 Å². The highest BCUT2D eigenvalue weighted by Gasteiger charge is 2.31. The summed E-state index contributed by atoms with van der Waals surface area (Å²) in [6.45, 7) is 8.83. The van der Waals surface area contributed by atoms with Gasteiger partial charge in [-0.2, -0.15) is 0 Å². The molecule has 3 rings (SSSR count). The van der Waals surface area contributed by atoms with Crippen molar-refractivity contribution in [3.05, 3.63) is 34.5 Å². The topological polar surface area (TPSA) is 65.8 Å². The number of halogens is 1. The summed E-state index contributed by atoms with van der Waals surface area (Å²) in [7, 11) is 4.07. The number of furan rings is 1. The summed E-state index contributed by atoms with van der Waals surface area (Å²) in [6, 6.07) is 5.36. The minimum Gasteiger partial charge on any atom is -0.451 e. The number of fused-ring (bicyclic) bond motifs is 1. The molecule has 1 aromatic carbocycles. The molecule has 0 aliphatic carbocycles. The number of carbonyl (C=O) groups is 2. The highest BCUT2D eigenvalue weighted by atomic mass is 35.5. The van der Waals surface area contributed by atoms with Gasteiger partial charge in [0.25, 0.3) is 5.91 Å². The Kier molecular flexibility index (Phi) is 6.78. The van der Waals surface area contributed by atoms with Crippen LogP contribution in [-0.2, 0) is 4.79 Å². The Morgan fingerprint density at radius 1 is 1.27 bits per heavy atom. The van der Waals surface area contributed by atoms with E-state index in [2.05, 4.69) is 24.1 Å². The third-order valence-electron chi connectivity index (χ3n) is 5.73. The third-order valence-corrected chi connectivity index (χ3v) is 5.97. The zero-order valence-corrected chi connectivity index (χ0v) is 19.3. The summed E-state index contributed by atoms with van der Waals surface area (Å²) in [5.74, 6) is 0.273. The lowest BCUT2D eigenvalue weighted by molar-refractivity contribution is -0.126. The second-order valence-electron chi connectivity index (χ2n) is 9.38. The van der Waals surface area contributed by atoms with E-state index < -0.39 is 0 Å². The molecule has 30 heavy (non-hydrogen) atoms. The normalized spacial score (nSPS) is 15.8. The van der Waals surface area contributed by atoms with Gasteiger partial charge in [0.15, 0.2) is 5.76 Å². The van der Waals surface area contributed by atoms with E-state index in [0.29, 0.717) is 48.8 Å². The number of hydrogen-bond acceptors (Lipinski definition) is 4. The molecule has 1 aliphatic rings. The lowest BCUT2D eigenvalue weighted by Crippen LogP contribution is -2.46. The summed E-state index contributed by atoms with van der Waals surface area (Å²) in [5.41, 5.74) is 1.48. The van der Waals surface area contributed by atoms with Gasteiger partial charge in [0.2, 0.25) is 5.91 Å². The SMILES string of the molecule is Cc1c(C(=O)N2CCC(C(=O)NCC(C)(C)CN(C)C)CC2)oc2ccc(Cl)cc12.